The predicted molar refractivity (Wildman–Crippen MR) is 78.4 cm³/mol. The average Bonchev–Trinajstić information content (AvgIpc) is 2.68. The lowest BCUT2D eigenvalue weighted by molar-refractivity contribution is -0.145. The first-order valence-corrected chi connectivity index (χ1v) is 7.30. The molecule has 1 fully saturated rings. The molecule has 3 N–H and O–H groups in total. The highest BCUT2D eigenvalue weighted by Gasteiger charge is 2.40. The minimum Gasteiger partial charge on any atom is -0.507 e. The summed E-state index contributed by atoms with van der Waals surface area (Å²) in [6, 6.07) is 4.71. The lowest BCUT2D eigenvalue weighted by Crippen LogP contribution is -2.54. The van der Waals surface area contributed by atoms with Gasteiger partial charge < -0.3 is 15.5 Å². The normalized spacial score (nSPS) is 17.8. The summed E-state index contributed by atoms with van der Waals surface area (Å²) in [6.07, 6.45) is 4.40. The molecule has 0 bridgehead atoms. The molecule has 1 amide bonds. The van der Waals surface area contributed by atoms with E-state index in [0.717, 1.165) is 31.2 Å². The predicted octanol–water partition coefficient (Wildman–Crippen LogP) is 2.61. The number of hydrogen-bond acceptors (Lipinski definition) is 3. The number of carbonyl (C=O) groups is 2. The molecular formula is C16H21NO4. The number of aliphatic carboxylic acids is 1. The van der Waals surface area contributed by atoms with Crippen molar-refractivity contribution >= 4 is 11.9 Å². The summed E-state index contributed by atoms with van der Waals surface area (Å²) >= 11 is 0. The topological polar surface area (TPSA) is 86.6 Å². The minimum atomic E-state index is -1.22. The number of phenols is 1. The maximum absolute atomic E-state index is 12.4. The molecule has 0 aromatic heterocycles. The van der Waals surface area contributed by atoms with E-state index in [9.17, 15) is 19.8 Å². The molecule has 1 aliphatic carbocycles. The molecule has 0 radical (unpaired) electrons. The zero-order valence-electron chi connectivity index (χ0n) is 12.2. The Kier molecular flexibility index (Phi) is 4.50. The fraction of sp³-hybridized carbons (Fsp3) is 0.500. The fourth-order valence-electron chi connectivity index (χ4n) is 2.84. The fourth-order valence-corrected chi connectivity index (χ4v) is 2.84. The van der Waals surface area contributed by atoms with Crippen molar-refractivity contribution in [3.8, 4) is 5.75 Å². The number of phenolic OH excluding ortho intramolecular Hbond substituents is 1. The van der Waals surface area contributed by atoms with Gasteiger partial charge in [0.15, 0.2) is 0 Å². The monoisotopic (exact) mass is 291 g/mol. The summed E-state index contributed by atoms with van der Waals surface area (Å²) in [5.41, 5.74) is -0.257. The van der Waals surface area contributed by atoms with Gasteiger partial charge in [-0.2, -0.15) is 0 Å². The molecular weight excluding hydrogens is 270 g/mol. The van der Waals surface area contributed by atoms with Gasteiger partial charge in [-0.1, -0.05) is 37.3 Å². The summed E-state index contributed by atoms with van der Waals surface area (Å²) in [4.78, 5) is 24.0. The van der Waals surface area contributed by atoms with Gasteiger partial charge in [-0.25, -0.2) is 4.79 Å². The molecule has 0 aliphatic heterocycles. The summed E-state index contributed by atoms with van der Waals surface area (Å²) < 4.78 is 0. The molecule has 5 heteroatoms. The lowest BCUT2D eigenvalue weighted by atomic mass is 9.89. The van der Waals surface area contributed by atoms with E-state index in [1.807, 2.05) is 6.92 Å². The maximum atomic E-state index is 12.4. The van der Waals surface area contributed by atoms with Crippen molar-refractivity contribution in [2.24, 2.45) is 0 Å². The Morgan fingerprint density at radius 2 is 1.76 bits per heavy atom. The third-order valence-corrected chi connectivity index (χ3v) is 4.12. The molecule has 5 nitrogen and oxygen atoms in total. The summed E-state index contributed by atoms with van der Waals surface area (Å²) in [5, 5.41) is 22.0. The summed E-state index contributed by atoms with van der Waals surface area (Å²) in [6.45, 7) is 1.81. The smallest absolute Gasteiger partial charge is 0.329 e. The van der Waals surface area contributed by atoms with Gasteiger partial charge in [0.1, 0.15) is 11.3 Å². The van der Waals surface area contributed by atoms with E-state index in [0.29, 0.717) is 12.8 Å². The van der Waals surface area contributed by atoms with Crippen molar-refractivity contribution < 1.29 is 19.8 Å². The second-order valence-corrected chi connectivity index (χ2v) is 5.78. The van der Waals surface area contributed by atoms with Crippen LogP contribution in [0.2, 0.25) is 0 Å². The van der Waals surface area contributed by atoms with Crippen LogP contribution in [0.15, 0.2) is 18.2 Å². The van der Waals surface area contributed by atoms with E-state index in [-0.39, 0.29) is 11.3 Å². The van der Waals surface area contributed by atoms with Crippen LogP contribution in [0.1, 0.15) is 54.4 Å². The van der Waals surface area contributed by atoms with Crippen LogP contribution in [0, 0.1) is 6.92 Å². The van der Waals surface area contributed by atoms with Crippen LogP contribution in [0.5, 0.6) is 5.75 Å². The van der Waals surface area contributed by atoms with E-state index in [1.165, 1.54) is 6.07 Å². The zero-order valence-corrected chi connectivity index (χ0v) is 12.2. The van der Waals surface area contributed by atoms with Crippen LogP contribution < -0.4 is 5.32 Å². The van der Waals surface area contributed by atoms with Gasteiger partial charge in [0.05, 0.1) is 5.56 Å². The van der Waals surface area contributed by atoms with Crippen LogP contribution >= 0.6 is 0 Å². The second-order valence-electron chi connectivity index (χ2n) is 5.78. The highest BCUT2D eigenvalue weighted by molar-refractivity contribution is 6.00. The molecule has 114 valence electrons. The first-order chi connectivity index (χ1) is 9.94. The molecule has 0 atom stereocenters. The molecule has 1 saturated carbocycles. The highest BCUT2D eigenvalue weighted by atomic mass is 16.4. The van der Waals surface area contributed by atoms with E-state index >= 15 is 0 Å². The molecule has 1 aliphatic rings. The van der Waals surface area contributed by atoms with Gasteiger partial charge in [-0.3, -0.25) is 4.79 Å². The quantitative estimate of drug-likeness (QED) is 0.747. The van der Waals surface area contributed by atoms with Crippen molar-refractivity contribution in [1.82, 2.24) is 5.32 Å². The number of aryl methyl sites for hydroxylation is 1. The maximum Gasteiger partial charge on any atom is 0.329 e. The number of carboxylic acids is 1. The van der Waals surface area contributed by atoms with Gasteiger partial charge in [-0.15, -0.1) is 0 Å². The Hall–Kier alpha value is -2.04. The minimum absolute atomic E-state index is 0.125. The van der Waals surface area contributed by atoms with E-state index in [1.54, 1.807) is 12.1 Å². The van der Waals surface area contributed by atoms with Crippen molar-refractivity contribution in [3.63, 3.8) is 0 Å². The number of amides is 1. The van der Waals surface area contributed by atoms with Crippen LogP contribution in [0.25, 0.3) is 0 Å². The number of benzene rings is 1. The van der Waals surface area contributed by atoms with E-state index < -0.39 is 17.4 Å². The Morgan fingerprint density at radius 3 is 2.33 bits per heavy atom. The number of hydrogen-bond donors (Lipinski definition) is 3. The molecule has 1 aromatic rings. The SMILES string of the molecule is Cc1ccc(O)c(C(=O)NC2(C(=O)O)CCCCCC2)c1. The van der Waals surface area contributed by atoms with Crippen LogP contribution in [0.3, 0.4) is 0 Å². The average molecular weight is 291 g/mol. The first-order valence-electron chi connectivity index (χ1n) is 7.30. The van der Waals surface area contributed by atoms with Crippen molar-refractivity contribution in [2.45, 2.75) is 51.0 Å². The Bertz CT molecular complexity index is 545. The molecule has 0 unspecified atom stereocenters. The standard InChI is InChI=1S/C16H21NO4/c1-11-6-7-13(18)12(10-11)14(19)17-16(15(20)21)8-4-2-3-5-9-16/h6-7,10,18H,2-5,8-9H2,1H3,(H,17,19)(H,20,21). The van der Waals surface area contributed by atoms with Crippen molar-refractivity contribution in [1.29, 1.82) is 0 Å². The van der Waals surface area contributed by atoms with Gasteiger partial charge in [0, 0.05) is 0 Å². The highest BCUT2D eigenvalue weighted by Crippen LogP contribution is 2.29. The van der Waals surface area contributed by atoms with Gasteiger partial charge in [-0.05, 0) is 31.9 Å². The number of carboxylic acid groups (broad SMARTS) is 1. The molecule has 0 spiro atoms. The molecule has 2 rings (SSSR count). The van der Waals surface area contributed by atoms with E-state index in [2.05, 4.69) is 5.32 Å². The summed E-state index contributed by atoms with van der Waals surface area (Å²) in [5.74, 6) is -1.65. The van der Waals surface area contributed by atoms with Crippen LogP contribution in [-0.2, 0) is 4.79 Å². The Balaban J connectivity index is 2.26. The Labute approximate surface area is 124 Å². The molecule has 0 saturated heterocycles. The molecule has 0 heterocycles. The van der Waals surface area contributed by atoms with Gasteiger partial charge in [0.2, 0.25) is 0 Å². The summed E-state index contributed by atoms with van der Waals surface area (Å²) in [7, 11) is 0. The first kappa shape index (κ1) is 15.4. The third-order valence-electron chi connectivity index (χ3n) is 4.12. The van der Waals surface area contributed by atoms with Crippen molar-refractivity contribution in [3.05, 3.63) is 29.3 Å². The number of aromatic hydroxyl groups is 1. The zero-order chi connectivity index (χ0) is 15.5. The van der Waals surface area contributed by atoms with Gasteiger partial charge in [0.25, 0.3) is 5.91 Å². The lowest BCUT2D eigenvalue weighted by Gasteiger charge is -2.29. The molecule has 1 aromatic carbocycles. The Morgan fingerprint density at radius 1 is 1.14 bits per heavy atom. The molecule has 21 heavy (non-hydrogen) atoms. The van der Waals surface area contributed by atoms with E-state index in [4.69, 9.17) is 0 Å². The number of nitrogens with one attached hydrogen (secondary N) is 1. The third kappa shape index (κ3) is 3.35. The van der Waals surface area contributed by atoms with Crippen molar-refractivity contribution in [2.75, 3.05) is 0 Å². The number of rotatable bonds is 3. The largest absolute Gasteiger partial charge is 0.507 e. The number of carbonyl (C=O) groups excluding carboxylic acids is 1. The second kappa shape index (κ2) is 6.16. The van der Waals surface area contributed by atoms with Gasteiger partial charge >= 0.3 is 5.97 Å². The van der Waals surface area contributed by atoms with Crippen LogP contribution in [-0.4, -0.2) is 27.6 Å². The van der Waals surface area contributed by atoms with Crippen LogP contribution in [0.4, 0.5) is 0 Å².